The van der Waals surface area contributed by atoms with Gasteiger partial charge in [-0.05, 0) is 52.4 Å². The maximum absolute atomic E-state index is 12.8. The second kappa shape index (κ2) is 8.00. The van der Waals surface area contributed by atoms with Gasteiger partial charge in [0.05, 0.1) is 17.7 Å². The molecule has 2 aromatic carbocycles. The lowest BCUT2D eigenvalue weighted by Crippen LogP contribution is -2.27. The summed E-state index contributed by atoms with van der Waals surface area (Å²) in [5, 5.41) is 0. The number of carbonyl (C=O) groups excluding carboxylic acids is 1. The van der Waals surface area contributed by atoms with Crippen molar-refractivity contribution in [2.24, 2.45) is 0 Å². The van der Waals surface area contributed by atoms with Gasteiger partial charge in [0.1, 0.15) is 10.1 Å². The molecule has 3 aromatic rings. The third-order valence-corrected chi connectivity index (χ3v) is 6.20. The van der Waals surface area contributed by atoms with Crippen molar-refractivity contribution in [3.63, 3.8) is 0 Å². The summed E-state index contributed by atoms with van der Waals surface area (Å²) >= 11 is 9.01. The van der Waals surface area contributed by atoms with Gasteiger partial charge in [0.25, 0.3) is 5.91 Å². The standard InChI is InChI=1S/C21H14INO2S2/c22-17-8-6-16(7-9-17)18-10-15(13-25-18)11-19-20(24)23(21(26)27-19)12-14-4-2-1-3-5-14/h1-11,13H,12H2/b19-11-. The fraction of sp³-hybridized carbons (Fsp3) is 0.0476. The highest BCUT2D eigenvalue weighted by Gasteiger charge is 2.32. The molecule has 1 aliphatic heterocycles. The molecule has 0 saturated carbocycles. The Hall–Kier alpha value is -1.90. The molecule has 1 saturated heterocycles. The van der Waals surface area contributed by atoms with Crippen LogP contribution in [0.3, 0.4) is 0 Å². The maximum atomic E-state index is 12.8. The van der Waals surface area contributed by atoms with Crippen LogP contribution in [0.5, 0.6) is 0 Å². The number of furan rings is 1. The Labute approximate surface area is 180 Å². The molecule has 134 valence electrons. The Morgan fingerprint density at radius 2 is 1.85 bits per heavy atom. The largest absolute Gasteiger partial charge is 0.464 e. The van der Waals surface area contributed by atoms with Crippen LogP contribution < -0.4 is 0 Å². The van der Waals surface area contributed by atoms with Crippen molar-refractivity contribution in [1.29, 1.82) is 0 Å². The lowest BCUT2D eigenvalue weighted by atomic mass is 10.1. The first-order chi connectivity index (χ1) is 13.1. The maximum Gasteiger partial charge on any atom is 0.266 e. The van der Waals surface area contributed by atoms with Crippen LogP contribution in [0, 0.1) is 3.57 Å². The van der Waals surface area contributed by atoms with Gasteiger partial charge in [0.2, 0.25) is 0 Å². The fourth-order valence-electron chi connectivity index (χ4n) is 2.75. The van der Waals surface area contributed by atoms with Gasteiger partial charge in [-0.1, -0.05) is 66.4 Å². The Balaban J connectivity index is 1.53. The Morgan fingerprint density at radius 3 is 2.59 bits per heavy atom. The van der Waals surface area contributed by atoms with Gasteiger partial charge in [0.15, 0.2) is 0 Å². The number of hydrogen-bond donors (Lipinski definition) is 0. The van der Waals surface area contributed by atoms with Crippen LogP contribution >= 0.6 is 46.6 Å². The van der Waals surface area contributed by atoms with Gasteiger partial charge in [-0.15, -0.1) is 0 Å². The number of hydrogen-bond acceptors (Lipinski definition) is 4. The highest BCUT2D eigenvalue weighted by Crippen LogP contribution is 2.34. The Kier molecular flexibility index (Phi) is 5.47. The first-order valence-corrected chi connectivity index (χ1v) is 10.5. The predicted molar refractivity (Wildman–Crippen MR) is 122 cm³/mol. The summed E-state index contributed by atoms with van der Waals surface area (Å²) in [6.07, 6.45) is 3.50. The summed E-state index contributed by atoms with van der Waals surface area (Å²) in [6, 6.07) is 19.9. The topological polar surface area (TPSA) is 33.5 Å². The van der Waals surface area contributed by atoms with Gasteiger partial charge in [-0.3, -0.25) is 9.69 Å². The van der Waals surface area contributed by atoms with Crippen molar-refractivity contribution >= 4 is 62.9 Å². The number of halogens is 1. The van der Waals surface area contributed by atoms with Crippen molar-refractivity contribution in [2.45, 2.75) is 6.54 Å². The first kappa shape index (κ1) is 18.5. The molecule has 0 spiro atoms. The summed E-state index contributed by atoms with van der Waals surface area (Å²) < 4.78 is 7.42. The summed E-state index contributed by atoms with van der Waals surface area (Å²) in [4.78, 5) is 15.0. The minimum absolute atomic E-state index is 0.0640. The zero-order chi connectivity index (χ0) is 18.8. The van der Waals surface area contributed by atoms with Gasteiger partial charge < -0.3 is 4.42 Å². The molecule has 0 bridgehead atoms. The molecular weight excluding hydrogens is 489 g/mol. The van der Waals surface area contributed by atoms with E-state index in [0.29, 0.717) is 15.8 Å². The second-order valence-corrected chi connectivity index (χ2v) is 8.93. The molecule has 0 aliphatic carbocycles. The minimum atomic E-state index is -0.0640. The monoisotopic (exact) mass is 503 g/mol. The van der Waals surface area contributed by atoms with Crippen molar-refractivity contribution in [3.8, 4) is 11.3 Å². The SMILES string of the molecule is O=C1/C(=C/c2coc(-c3ccc(I)cc3)c2)SC(=S)N1Cc1ccccc1. The number of carbonyl (C=O) groups is 1. The highest BCUT2D eigenvalue weighted by molar-refractivity contribution is 14.1. The molecule has 1 fully saturated rings. The quantitative estimate of drug-likeness (QED) is 0.250. The normalized spacial score (nSPS) is 15.7. The first-order valence-electron chi connectivity index (χ1n) is 8.24. The smallest absolute Gasteiger partial charge is 0.266 e. The van der Waals surface area contributed by atoms with E-state index < -0.39 is 0 Å². The van der Waals surface area contributed by atoms with E-state index in [9.17, 15) is 4.79 Å². The van der Waals surface area contributed by atoms with E-state index in [2.05, 4.69) is 22.6 Å². The van der Waals surface area contributed by atoms with E-state index in [4.69, 9.17) is 16.6 Å². The summed E-state index contributed by atoms with van der Waals surface area (Å²) in [6.45, 7) is 0.488. The van der Waals surface area contributed by atoms with Gasteiger partial charge in [-0.2, -0.15) is 0 Å². The molecule has 0 N–H and O–H groups in total. The molecule has 3 nitrogen and oxygen atoms in total. The average Bonchev–Trinajstić information content (AvgIpc) is 3.24. The van der Waals surface area contributed by atoms with Crippen LogP contribution in [0.2, 0.25) is 0 Å². The van der Waals surface area contributed by atoms with Crippen molar-refractivity contribution in [3.05, 3.63) is 86.5 Å². The zero-order valence-corrected chi connectivity index (χ0v) is 17.9. The molecule has 0 atom stereocenters. The Morgan fingerprint density at radius 1 is 1.11 bits per heavy atom. The van der Waals surface area contributed by atoms with E-state index in [-0.39, 0.29) is 5.91 Å². The number of nitrogens with zero attached hydrogens (tertiary/aromatic N) is 1. The summed E-state index contributed by atoms with van der Waals surface area (Å²) in [5.74, 6) is 0.711. The molecule has 0 unspecified atom stereocenters. The molecule has 6 heteroatoms. The van der Waals surface area contributed by atoms with E-state index in [1.807, 2.05) is 66.7 Å². The third kappa shape index (κ3) is 4.17. The van der Waals surface area contributed by atoms with E-state index in [0.717, 1.165) is 22.5 Å². The van der Waals surface area contributed by atoms with Crippen LogP contribution in [-0.4, -0.2) is 15.1 Å². The number of benzene rings is 2. The molecule has 0 radical (unpaired) electrons. The van der Waals surface area contributed by atoms with Gasteiger partial charge in [0, 0.05) is 14.7 Å². The van der Waals surface area contributed by atoms with Crippen LogP contribution in [-0.2, 0) is 11.3 Å². The molecule has 4 rings (SSSR count). The van der Waals surface area contributed by atoms with Crippen LogP contribution in [0.25, 0.3) is 17.4 Å². The number of thiocarbonyl (C=S) groups is 1. The van der Waals surface area contributed by atoms with E-state index >= 15 is 0 Å². The molecule has 1 aliphatic rings. The fourth-order valence-corrected chi connectivity index (χ4v) is 4.36. The molecular formula is C21H14INO2S2. The van der Waals surface area contributed by atoms with E-state index in [1.165, 1.54) is 15.3 Å². The molecule has 1 aromatic heterocycles. The van der Waals surface area contributed by atoms with Gasteiger partial charge >= 0.3 is 0 Å². The zero-order valence-electron chi connectivity index (χ0n) is 14.1. The third-order valence-electron chi connectivity index (χ3n) is 4.10. The van der Waals surface area contributed by atoms with Crippen molar-refractivity contribution < 1.29 is 9.21 Å². The summed E-state index contributed by atoms with van der Waals surface area (Å²) in [7, 11) is 0. The van der Waals surface area contributed by atoms with Crippen molar-refractivity contribution in [1.82, 2.24) is 4.90 Å². The summed E-state index contributed by atoms with van der Waals surface area (Å²) in [5.41, 5.74) is 2.91. The Bertz CT molecular complexity index is 1030. The average molecular weight is 503 g/mol. The second-order valence-electron chi connectivity index (χ2n) is 6.00. The predicted octanol–water partition coefficient (Wildman–Crippen LogP) is 5.95. The molecule has 2 heterocycles. The number of amides is 1. The number of rotatable bonds is 4. The van der Waals surface area contributed by atoms with E-state index in [1.54, 1.807) is 11.2 Å². The lowest BCUT2D eigenvalue weighted by Gasteiger charge is -2.14. The lowest BCUT2D eigenvalue weighted by molar-refractivity contribution is -0.122. The minimum Gasteiger partial charge on any atom is -0.464 e. The van der Waals surface area contributed by atoms with Gasteiger partial charge in [-0.25, -0.2) is 0 Å². The van der Waals surface area contributed by atoms with Crippen LogP contribution in [0.4, 0.5) is 0 Å². The van der Waals surface area contributed by atoms with Crippen LogP contribution in [0.1, 0.15) is 11.1 Å². The molecule has 1 amide bonds. The highest BCUT2D eigenvalue weighted by atomic mass is 127. The molecule has 27 heavy (non-hydrogen) atoms. The number of thioether (sulfide) groups is 1. The van der Waals surface area contributed by atoms with Crippen LogP contribution in [0.15, 0.2) is 76.2 Å². The van der Waals surface area contributed by atoms with Crippen molar-refractivity contribution in [2.75, 3.05) is 0 Å².